The summed E-state index contributed by atoms with van der Waals surface area (Å²) in [6.45, 7) is 3.77. The SMILES string of the molecule is CCOc1ccc([C@H]2CCCN2CC(=O)N(CCC(N)=O)c2ccc(F)cc2)cc1. The molecule has 160 valence electrons. The molecule has 0 unspecified atom stereocenters. The van der Waals surface area contributed by atoms with Gasteiger partial charge in [-0.25, -0.2) is 4.39 Å². The molecule has 0 aliphatic carbocycles. The number of nitrogens with two attached hydrogens (primary N) is 1. The molecule has 1 atom stereocenters. The first-order chi connectivity index (χ1) is 14.5. The second kappa shape index (κ2) is 10.2. The van der Waals surface area contributed by atoms with Gasteiger partial charge in [0, 0.05) is 24.7 Å². The normalized spacial score (nSPS) is 16.4. The quantitative estimate of drug-likeness (QED) is 0.685. The van der Waals surface area contributed by atoms with Gasteiger partial charge in [0.15, 0.2) is 0 Å². The first-order valence-electron chi connectivity index (χ1n) is 10.3. The predicted octanol–water partition coefficient (Wildman–Crippen LogP) is 3.27. The van der Waals surface area contributed by atoms with Crippen molar-refractivity contribution in [2.24, 2.45) is 5.73 Å². The minimum absolute atomic E-state index is 0.0471. The lowest BCUT2D eigenvalue weighted by Crippen LogP contribution is -2.41. The Balaban J connectivity index is 1.72. The Labute approximate surface area is 176 Å². The second-order valence-corrected chi connectivity index (χ2v) is 7.37. The summed E-state index contributed by atoms with van der Waals surface area (Å²) < 4.78 is 18.8. The highest BCUT2D eigenvalue weighted by Gasteiger charge is 2.29. The highest BCUT2D eigenvalue weighted by molar-refractivity contribution is 5.95. The van der Waals surface area contributed by atoms with Crippen molar-refractivity contribution < 1.29 is 18.7 Å². The summed E-state index contributed by atoms with van der Waals surface area (Å²) in [5.41, 5.74) is 6.98. The lowest BCUT2D eigenvalue weighted by molar-refractivity contribution is -0.120. The summed E-state index contributed by atoms with van der Waals surface area (Å²) in [7, 11) is 0. The van der Waals surface area contributed by atoms with Crippen LogP contribution in [0.4, 0.5) is 10.1 Å². The van der Waals surface area contributed by atoms with E-state index in [4.69, 9.17) is 10.5 Å². The molecule has 1 aliphatic heterocycles. The Kier molecular flexibility index (Phi) is 7.41. The lowest BCUT2D eigenvalue weighted by Gasteiger charge is -2.29. The number of anilines is 1. The summed E-state index contributed by atoms with van der Waals surface area (Å²) in [4.78, 5) is 28.1. The van der Waals surface area contributed by atoms with Gasteiger partial charge in [0.25, 0.3) is 0 Å². The Morgan fingerprint density at radius 2 is 1.87 bits per heavy atom. The van der Waals surface area contributed by atoms with Gasteiger partial charge in [-0.05, 0) is 68.3 Å². The van der Waals surface area contributed by atoms with Gasteiger partial charge in [-0.2, -0.15) is 0 Å². The molecule has 2 N–H and O–H groups in total. The van der Waals surface area contributed by atoms with Gasteiger partial charge in [0.1, 0.15) is 11.6 Å². The van der Waals surface area contributed by atoms with E-state index in [-0.39, 0.29) is 37.3 Å². The molecule has 0 radical (unpaired) electrons. The molecule has 1 fully saturated rings. The molecule has 3 rings (SSSR count). The lowest BCUT2D eigenvalue weighted by atomic mass is 10.0. The van der Waals surface area contributed by atoms with Crippen LogP contribution < -0.4 is 15.4 Å². The van der Waals surface area contributed by atoms with E-state index in [1.807, 2.05) is 31.2 Å². The van der Waals surface area contributed by atoms with Gasteiger partial charge in [0.05, 0.1) is 13.2 Å². The molecule has 2 amide bonds. The molecular weight excluding hydrogens is 385 g/mol. The van der Waals surface area contributed by atoms with E-state index in [2.05, 4.69) is 4.90 Å². The Morgan fingerprint density at radius 1 is 1.17 bits per heavy atom. The molecule has 2 aromatic rings. The van der Waals surface area contributed by atoms with Gasteiger partial charge >= 0.3 is 0 Å². The zero-order valence-electron chi connectivity index (χ0n) is 17.2. The predicted molar refractivity (Wildman–Crippen MR) is 114 cm³/mol. The number of amides is 2. The van der Waals surface area contributed by atoms with Crippen molar-refractivity contribution in [1.82, 2.24) is 4.90 Å². The maximum absolute atomic E-state index is 13.3. The molecule has 1 aliphatic rings. The van der Waals surface area contributed by atoms with E-state index < -0.39 is 5.91 Å². The molecular formula is C23H28FN3O3. The highest BCUT2D eigenvalue weighted by Crippen LogP contribution is 2.33. The van der Waals surface area contributed by atoms with Gasteiger partial charge in [0.2, 0.25) is 11.8 Å². The van der Waals surface area contributed by atoms with E-state index >= 15 is 0 Å². The van der Waals surface area contributed by atoms with Crippen LogP contribution in [0, 0.1) is 5.82 Å². The number of hydrogen-bond donors (Lipinski definition) is 1. The van der Waals surface area contributed by atoms with Crippen molar-refractivity contribution in [2.45, 2.75) is 32.2 Å². The van der Waals surface area contributed by atoms with Crippen molar-refractivity contribution in [3.8, 4) is 5.75 Å². The van der Waals surface area contributed by atoms with Crippen LogP contribution in [0.25, 0.3) is 0 Å². The first kappa shape index (κ1) is 21.8. The fraction of sp³-hybridized carbons (Fsp3) is 0.391. The number of carbonyl (C=O) groups is 2. The number of ether oxygens (including phenoxy) is 1. The topological polar surface area (TPSA) is 75.9 Å². The number of nitrogens with zero attached hydrogens (tertiary/aromatic N) is 2. The molecule has 1 heterocycles. The van der Waals surface area contributed by atoms with Crippen LogP contribution in [-0.4, -0.2) is 43.0 Å². The van der Waals surface area contributed by atoms with Gasteiger partial charge in [-0.3, -0.25) is 14.5 Å². The van der Waals surface area contributed by atoms with Crippen LogP contribution in [-0.2, 0) is 9.59 Å². The van der Waals surface area contributed by atoms with E-state index in [9.17, 15) is 14.0 Å². The van der Waals surface area contributed by atoms with Crippen molar-refractivity contribution in [2.75, 3.05) is 31.1 Å². The number of likely N-dealkylation sites (tertiary alicyclic amines) is 1. The third-order valence-corrected chi connectivity index (χ3v) is 5.30. The average molecular weight is 413 g/mol. The maximum atomic E-state index is 13.3. The summed E-state index contributed by atoms with van der Waals surface area (Å²) in [5.74, 6) is -0.170. The molecule has 7 heteroatoms. The van der Waals surface area contributed by atoms with Crippen molar-refractivity contribution in [3.05, 3.63) is 59.9 Å². The zero-order chi connectivity index (χ0) is 21.5. The third-order valence-electron chi connectivity index (χ3n) is 5.30. The fourth-order valence-corrected chi connectivity index (χ4v) is 3.85. The Morgan fingerprint density at radius 3 is 2.50 bits per heavy atom. The van der Waals surface area contributed by atoms with Crippen LogP contribution in [0.5, 0.6) is 5.75 Å². The summed E-state index contributed by atoms with van der Waals surface area (Å²) in [5, 5.41) is 0. The van der Waals surface area contributed by atoms with E-state index in [1.54, 1.807) is 12.1 Å². The molecule has 2 aromatic carbocycles. The number of primary amides is 1. The number of benzene rings is 2. The number of carbonyl (C=O) groups excluding carboxylic acids is 2. The van der Waals surface area contributed by atoms with Crippen molar-refractivity contribution in [1.29, 1.82) is 0 Å². The number of rotatable bonds is 9. The monoisotopic (exact) mass is 413 g/mol. The van der Waals surface area contributed by atoms with Gasteiger partial charge in [-0.1, -0.05) is 12.1 Å². The summed E-state index contributed by atoms with van der Waals surface area (Å²) in [6, 6.07) is 13.8. The van der Waals surface area contributed by atoms with Crippen LogP contribution in [0.3, 0.4) is 0 Å². The van der Waals surface area contributed by atoms with Crippen LogP contribution >= 0.6 is 0 Å². The van der Waals surface area contributed by atoms with Crippen LogP contribution in [0.1, 0.15) is 37.8 Å². The standard InChI is InChI=1S/C23H28FN3O3/c1-2-30-20-11-5-17(6-12-20)21-4-3-14-26(21)16-23(29)27(15-13-22(25)28)19-9-7-18(24)8-10-19/h5-12,21H,2-4,13-16H2,1H3,(H2,25,28)/t21-/m1/s1. The third kappa shape index (κ3) is 5.57. The largest absolute Gasteiger partial charge is 0.494 e. The molecule has 0 spiro atoms. The fourth-order valence-electron chi connectivity index (χ4n) is 3.85. The molecule has 1 saturated heterocycles. The van der Waals surface area contributed by atoms with Crippen LogP contribution in [0.2, 0.25) is 0 Å². The van der Waals surface area contributed by atoms with E-state index in [0.29, 0.717) is 12.3 Å². The Bertz CT molecular complexity index is 855. The molecule has 0 aromatic heterocycles. The minimum Gasteiger partial charge on any atom is -0.494 e. The van der Waals surface area contributed by atoms with E-state index in [0.717, 1.165) is 30.7 Å². The van der Waals surface area contributed by atoms with Crippen molar-refractivity contribution in [3.63, 3.8) is 0 Å². The van der Waals surface area contributed by atoms with Crippen LogP contribution in [0.15, 0.2) is 48.5 Å². The van der Waals surface area contributed by atoms with Gasteiger partial charge in [-0.15, -0.1) is 0 Å². The number of hydrogen-bond acceptors (Lipinski definition) is 4. The molecule has 30 heavy (non-hydrogen) atoms. The van der Waals surface area contributed by atoms with Crippen molar-refractivity contribution >= 4 is 17.5 Å². The van der Waals surface area contributed by atoms with Gasteiger partial charge < -0.3 is 15.4 Å². The highest BCUT2D eigenvalue weighted by atomic mass is 19.1. The second-order valence-electron chi connectivity index (χ2n) is 7.37. The Hall–Kier alpha value is -2.93. The number of halogens is 1. The summed E-state index contributed by atoms with van der Waals surface area (Å²) >= 11 is 0. The molecule has 0 bridgehead atoms. The zero-order valence-corrected chi connectivity index (χ0v) is 17.2. The average Bonchev–Trinajstić information content (AvgIpc) is 3.18. The van der Waals surface area contributed by atoms with E-state index in [1.165, 1.54) is 17.0 Å². The molecule has 6 nitrogen and oxygen atoms in total. The first-order valence-corrected chi connectivity index (χ1v) is 10.3. The smallest absolute Gasteiger partial charge is 0.241 e. The maximum Gasteiger partial charge on any atom is 0.241 e. The minimum atomic E-state index is -0.483. The molecule has 0 saturated carbocycles. The summed E-state index contributed by atoms with van der Waals surface area (Å²) in [6.07, 6.45) is 2.02.